The lowest BCUT2D eigenvalue weighted by atomic mass is 10.1. The van der Waals surface area contributed by atoms with Crippen LogP contribution in [0.3, 0.4) is 0 Å². The molecule has 0 saturated carbocycles. The van der Waals surface area contributed by atoms with Gasteiger partial charge in [0.05, 0.1) is 36.0 Å². The molecular formula is C12H20N2O8. The molecule has 0 saturated heterocycles. The Morgan fingerprint density at radius 1 is 0.727 bits per heavy atom. The molecule has 1 aromatic rings. The summed E-state index contributed by atoms with van der Waals surface area (Å²) < 4.78 is 0. The molecule has 0 aliphatic heterocycles. The maximum absolute atomic E-state index is 9.73. The number of rotatable bonds is 8. The second kappa shape index (κ2) is 7.35. The van der Waals surface area contributed by atoms with Gasteiger partial charge in [-0.25, -0.2) is 0 Å². The lowest BCUT2D eigenvalue weighted by Crippen LogP contribution is -2.27. The first kappa shape index (κ1) is 18.8. The Bertz CT molecular complexity index is 411. The summed E-state index contributed by atoms with van der Waals surface area (Å²) in [5.41, 5.74) is 0.196. The molecule has 1 rings (SSSR count). The molecule has 0 radical (unpaired) electrons. The average molecular weight is 320 g/mol. The maximum Gasteiger partial charge on any atom is 0.275 e. The zero-order chi connectivity index (χ0) is 17.0. The fourth-order valence-corrected chi connectivity index (χ4v) is 1.65. The highest BCUT2D eigenvalue weighted by Crippen LogP contribution is 2.22. The van der Waals surface area contributed by atoms with Gasteiger partial charge in [0.2, 0.25) is 0 Å². The molecule has 0 spiro atoms. The fraction of sp³-hybridized carbons (Fsp3) is 0.667. The minimum Gasteiger partial charge on any atom is -0.387 e. The molecule has 1 aromatic heterocycles. The summed E-state index contributed by atoms with van der Waals surface area (Å²) in [6.07, 6.45) is -1.42. The zero-order valence-electron chi connectivity index (χ0n) is 11.6. The van der Waals surface area contributed by atoms with Crippen LogP contribution in [0.4, 0.5) is 0 Å². The molecule has 0 bridgehead atoms. The lowest BCUT2D eigenvalue weighted by molar-refractivity contribution is -0.317. The summed E-state index contributed by atoms with van der Waals surface area (Å²) in [7, 11) is 0. The van der Waals surface area contributed by atoms with Crippen LogP contribution < -0.4 is 0 Å². The van der Waals surface area contributed by atoms with Gasteiger partial charge in [-0.1, -0.05) is 0 Å². The summed E-state index contributed by atoms with van der Waals surface area (Å²) in [4.78, 5) is 7.68. The van der Waals surface area contributed by atoms with Crippen molar-refractivity contribution in [1.29, 1.82) is 0 Å². The van der Waals surface area contributed by atoms with Crippen molar-refractivity contribution < 1.29 is 40.9 Å². The van der Waals surface area contributed by atoms with Crippen LogP contribution in [0.15, 0.2) is 12.4 Å². The molecule has 8 N–H and O–H groups in total. The third kappa shape index (κ3) is 7.15. The Balaban J connectivity index is 2.58. The molecule has 10 nitrogen and oxygen atoms in total. The fourth-order valence-electron chi connectivity index (χ4n) is 1.65. The number of hydrogen-bond acceptors (Lipinski definition) is 10. The summed E-state index contributed by atoms with van der Waals surface area (Å²) in [5, 5.41) is 71.8. The molecule has 22 heavy (non-hydrogen) atoms. The highest BCUT2D eigenvalue weighted by molar-refractivity contribution is 5.07. The van der Waals surface area contributed by atoms with Crippen molar-refractivity contribution in [2.75, 3.05) is 0 Å². The Hall–Kier alpha value is -1.24. The van der Waals surface area contributed by atoms with Crippen LogP contribution in [0, 0.1) is 0 Å². The molecule has 2 unspecified atom stereocenters. The van der Waals surface area contributed by atoms with E-state index in [1.54, 1.807) is 0 Å². The third-order valence-electron chi connectivity index (χ3n) is 2.88. The van der Waals surface area contributed by atoms with E-state index in [0.29, 0.717) is 0 Å². The monoisotopic (exact) mass is 320 g/mol. The highest BCUT2D eigenvalue weighted by Gasteiger charge is 2.23. The van der Waals surface area contributed by atoms with Crippen LogP contribution in [-0.2, 0) is 0 Å². The molecular weight excluding hydrogens is 300 g/mol. The molecule has 0 aromatic carbocycles. The Morgan fingerprint density at radius 2 is 1.05 bits per heavy atom. The van der Waals surface area contributed by atoms with Gasteiger partial charge in [-0.05, 0) is 12.8 Å². The first-order valence-electron chi connectivity index (χ1n) is 6.50. The van der Waals surface area contributed by atoms with E-state index in [4.69, 9.17) is 30.6 Å². The smallest absolute Gasteiger partial charge is 0.275 e. The van der Waals surface area contributed by atoms with Crippen LogP contribution in [-0.4, -0.2) is 62.8 Å². The predicted octanol–water partition coefficient (Wildman–Crippen LogP) is -2.63. The number of aromatic nitrogens is 2. The summed E-state index contributed by atoms with van der Waals surface area (Å²) >= 11 is 0. The normalized spacial score (nSPS) is 15.6. The SMILES string of the molecule is OC(CCC(O)(O)O)c1cnc(C(O)CCC(O)(O)O)cn1. The van der Waals surface area contributed by atoms with Gasteiger partial charge in [0.15, 0.2) is 0 Å². The molecule has 0 amide bonds. The largest absolute Gasteiger partial charge is 0.387 e. The summed E-state index contributed by atoms with van der Waals surface area (Å²) in [6.45, 7) is 0. The first-order valence-corrected chi connectivity index (χ1v) is 6.50. The van der Waals surface area contributed by atoms with E-state index in [-0.39, 0.29) is 24.2 Å². The Morgan fingerprint density at radius 3 is 1.27 bits per heavy atom. The van der Waals surface area contributed by atoms with Gasteiger partial charge in [-0.15, -0.1) is 0 Å². The van der Waals surface area contributed by atoms with Gasteiger partial charge in [0, 0.05) is 12.8 Å². The number of hydrogen-bond donors (Lipinski definition) is 8. The Labute approximate surface area is 125 Å². The topological polar surface area (TPSA) is 188 Å². The van der Waals surface area contributed by atoms with Crippen LogP contribution in [0.5, 0.6) is 0 Å². The number of aliphatic hydroxyl groups excluding tert-OH is 2. The van der Waals surface area contributed by atoms with E-state index in [1.165, 1.54) is 0 Å². The molecule has 10 heteroatoms. The average Bonchev–Trinajstić information content (AvgIpc) is 2.40. The molecule has 0 aliphatic carbocycles. The molecule has 126 valence electrons. The third-order valence-corrected chi connectivity index (χ3v) is 2.88. The van der Waals surface area contributed by atoms with Crippen LogP contribution in [0.1, 0.15) is 49.3 Å². The molecule has 2 atom stereocenters. The van der Waals surface area contributed by atoms with Crippen molar-refractivity contribution in [3.8, 4) is 0 Å². The van der Waals surface area contributed by atoms with Crippen LogP contribution >= 0.6 is 0 Å². The van der Waals surface area contributed by atoms with E-state index >= 15 is 0 Å². The van der Waals surface area contributed by atoms with E-state index in [9.17, 15) is 10.2 Å². The molecule has 1 heterocycles. The molecule has 0 aliphatic rings. The minimum atomic E-state index is -2.88. The second-order valence-corrected chi connectivity index (χ2v) is 5.02. The van der Waals surface area contributed by atoms with Crippen molar-refractivity contribution in [2.24, 2.45) is 0 Å². The van der Waals surface area contributed by atoms with E-state index in [1.807, 2.05) is 0 Å². The quantitative estimate of drug-likeness (QED) is 0.235. The van der Waals surface area contributed by atoms with E-state index in [0.717, 1.165) is 12.4 Å². The van der Waals surface area contributed by atoms with Gasteiger partial charge >= 0.3 is 0 Å². The standard InChI is InChI=1S/C12H20N2O8/c15-9(1-3-11(17,18)19)7-5-14-8(6-13-7)10(16)2-4-12(20,21)22/h5-6,9-10,15-22H,1-4H2. The van der Waals surface area contributed by atoms with Crippen molar-refractivity contribution in [3.05, 3.63) is 23.8 Å². The first-order chi connectivity index (χ1) is 9.98. The number of nitrogens with zero attached hydrogens (tertiary/aromatic N) is 2. The van der Waals surface area contributed by atoms with Crippen LogP contribution in [0.2, 0.25) is 0 Å². The van der Waals surface area contributed by atoms with Gasteiger partial charge in [-0.3, -0.25) is 9.97 Å². The van der Waals surface area contributed by atoms with Crippen molar-refractivity contribution >= 4 is 0 Å². The Kier molecular flexibility index (Phi) is 6.28. The van der Waals surface area contributed by atoms with Crippen LogP contribution in [0.25, 0.3) is 0 Å². The van der Waals surface area contributed by atoms with Crippen molar-refractivity contribution in [3.63, 3.8) is 0 Å². The van der Waals surface area contributed by atoms with Crippen molar-refractivity contribution in [2.45, 2.75) is 49.8 Å². The zero-order valence-corrected chi connectivity index (χ0v) is 11.6. The minimum absolute atomic E-state index is 0.0982. The summed E-state index contributed by atoms with van der Waals surface area (Å²) in [6, 6.07) is 0. The van der Waals surface area contributed by atoms with E-state index in [2.05, 4.69) is 9.97 Å². The van der Waals surface area contributed by atoms with Gasteiger partial charge in [0.1, 0.15) is 0 Å². The second-order valence-electron chi connectivity index (χ2n) is 5.02. The van der Waals surface area contributed by atoms with Gasteiger partial charge in [-0.2, -0.15) is 0 Å². The lowest BCUT2D eigenvalue weighted by Gasteiger charge is -2.17. The highest BCUT2D eigenvalue weighted by atomic mass is 16.7. The maximum atomic E-state index is 9.73. The van der Waals surface area contributed by atoms with Gasteiger partial charge < -0.3 is 40.9 Å². The molecule has 0 fully saturated rings. The van der Waals surface area contributed by atoms with Gasteiger partial charge in [0.25, 0.3) is 11.9 Å². The summed E-state index contributed by atoms with van der Waals surface area (Å²) in [5.74, 6) is -5.76. The van der Waals surface area contributed by atoms with Crippen molar-refractivity contribution in [1.82, 2.24) is 9.97 Å². The van der Waals surface area contributed by atoms with E-state index < -0.39 is 37.0 Å². The number of aliphatic hydroxyl groups is 8. The predicted molar refractivity (Wildman–Crippen MR) is 69.2 cm³/mol.